The average molecular weight is 150 g/mol. The van der Waals surface area contributed by atoms with Crippen LogP contribution < -0.4 is 5.73 Å². The number of hydrogen-bond acceptors (Lipinski definition) is 2. The number of hydrogen-bond donors (Lipinski definition) is 1. The number of nitrogen functional groups attached to an aromatic ring is 1. The lowest BCUT2D eigenvalue weighted by Gasteiger charge is -2.00. The van der Waals surface area contributed by atoms with Gasteiger partial charge in [0, 0.05) is 0 Å². The van der Waals surface area contributed by atoms with Crippen molar-refractivity contribution in [2.24, 2.45) is 0 Å². The van der Waals surface area contributed by atoms with Crippen LogP contribution in [0.3, 0.4) is 0 Å². The first kappa shape index (κ1) is 7.55. The molecule has 0 bridgehead atoms. The monoisotopic (exact) mass is 150 g/mol. The number of nitrogens with zero attached hydrogens (tertiary/aromatic N) is 1. The highest BCUT2D eigenvalue weighted by atomic mass is 19.1. The molecular formula is C8H7FN2. The van der Waals surface area contributed by atoms with Gasteiger partial charge in [0.1, 0.15) is 11.9 Å². The van der Waals surface area contributed by atoms with Crippen LogP contribution in [-0.4, -0.2) is 0 Å². The zero-order chi connectivity index (χ0) is 8.43. The second-order valence-electron chi connectivity index (χ2n) is 2.30. The number of halogens is 1. The molecule has 0 heterocycles. The van der Waals surface area contributed by atoms with Crippen LogP contribution in [0.5, 0.6) is 0 Å². The van der Waals surface area contributed by atoms with Gasteiger partial charge in [-0.05, 0) is 24.6 Å². The number of nitriles is 1. The van der Waals surface area contributed by atoms with E-state index in [9.17, 15) is 4.39 Å². The largest absolute Gasteiger partial charge is 0.398 e. The summed E-state index contributed by atoms with van der Waals surface area (Å²) in [7, 11) is 0. The Morgan fingerprint density at radius 3 is 2.64 bits per heavy atom. The van der Waals surface area contributed by atoms with E-state index < -0.39 is 5.82 Å². The highest BCUT2D eigenvalue weighted by Gasteiger charge is 2.03. The summed E-state index contributed by atoms with van der Waals surface area (Å²) < 4.78 is 12.6. The predicted molar refractivity (Wildman–Crippen MR) is 40.3 cm³/mol. The van der Waals surface area contributed by atoms with E-state index in [1.165, 1.54) is 6.07 Å². The lowest BCUT2D eigenvalue weighted by molar-refractivity contribution is 0.627. The smallest absolute Gasteiger partial charge is 0.125 e. The van der Waals surface area contributed by atoms with Crippen LogP contribution >= 0.6 is 0 Å². The first-order chi connectivity index (χ1) is 5.15. The van der Waals surface area contributed by atoms with E-state index in [0.29, 0.717) is 11.1 Å². The molecule has 11 heavy (non-hydrogen) atoms. The van der Waals surface area contributed by atoms with Gasteiger partial charge in [-0.1, -0.05) is 0 Å². The fourth-order valence-corrected chi connectivity index (χ4v) is 0.922. The van der Waals surface area contributed by atoms with Crippen molar-refractivity contribution in [3.8, 4) is 6.07 Å². The number of anilines is 1. The minimum Gasteiger partial charge on any atom is -0.398 e. The van der Waals surface area contributed by atoms with Gasteiger partial charge in [0.15, 0.2) is 0 Å². The van der Waals surface area contributed by atoms with E-state index in [0.717, 1.165) is 6.07 Å². The Kier molecular flexibility index (Phi) is 1.77. The molecule has 0 saturated heterocycles. The standard InChI is InChI=1S/C8H7FN2/c1-5-2-6(9)3-8(11)7(5)4-10/h2-3H,11H2,1H3. The molecule has 0 atom stereocenters. The van der Waals surface area contributed by atoms with Crippen molar-refractivity contribution in [3.63, 3.8) is 0 Å². The maximum absolute atomic E-state index is 12.6. The van der Waals surface area contributed by atoms with Gasteiger partial charge in [-0.2, -0.15) is 5.26 Å². The molecule has 0 aromatic heterocycles. The quantitative estimate of drug-likeness (QED) is 0.571. The zero-order valence-corrected chi connectivity index (χ0v) is 6.06. The fourth-order valence-electron chi connectivity index (χ4n) is 0.922. The van der Waals surface area contributed by atoms with Crippen molar-refractivity contribution in [3.05, 3.63) is 29.1 Å². The van der Waals surface area contributed by atoms with Gasteiger partial charge < -0.3 is 5.73 Å². The summed E-state index contributed by atoms with van der Waals surface area (Å²) in [6.07, 6.45) is 0. The van der Waals surface area contributed by atoms with E-state index in [-0.39, 0.29) is 5.69 Å². The maximum atomic E-state index is 12.6. The normalized spacial score (nSPS) is 9.18. The molecule has 0 unspecified atom stereocenters. The van der Waals surface area contributed by atoms with Crippen molar-refractivity contribution < 1.29 is 4.39 Å². The zero-order valence-electron chi connectivity index (χ0n) is 6.06. The van der Waals surface area contributed by atoms with Crippen molar-refractivity contribution in [1.82, 2.24) is 0 Å². The molecule has 0 aliphatic carbocycles. The third kappa shape index (κ3) is 1.30. The first-order valence-corrected chi connectivity index (χ1v) is 3.11. The molecule has 0 aliphatic rings. The van der Waals surface area contributed by atoms with Gasteiger partial charge >= 0.3 is 0 Å². The second kappa shape index (κ2) is 2.59. The summed E-state index contributed by atoms with van der Waals surface area (Å²) in [5, 5.41) is 8.54. The Balaban J connectivity index is 3.40. The third-order valence-electron chi connectivity index (χ3n) is 1.44. The van der Waals surface area contributed by atoms with Gasteiger partial charge in [-0.3, -0.25) is 0 Å². The highest BCUT2D eigenvalue weighted by Crippen LogP contribution is 2.16. The Morgan fingerprint density at radius 2 is 2.18 bits per heavy atom. The summed E-state index contributed by atoms with van der Waals surface area (Å²) in [4.78, 5) is 0. The summed E-state index contributed by atoms with van der Waals surface area (Å²) in [6, 6.07) is 4.33. The number of aryl methyl sites for hydroxylation is 1. The summed E-state index contributed by atoms with van der Waals surface area (Å²) >= 11 is 0. The van der Waals surface area contributed by atoms with Crippen molar-refractivity contribution in [1.29, 1.82) is 5.26 Å². The molecule has 56 valence electrons. The Labute approximate surface area is 64.1 Å². The predicted octanol–water partition coefficient (Wildman–Crippen LogP) is 1.59. The SMILES string of the molecule is Cc1cc(F)cc(N)c1C#N. The molecule has 1 aromatic rings. The highest BCUT2D eigenvalue weighted by molar-refractivity contribution is 5.57. The minimum atomic E-state index is -0.404. The van der Waals surface area contributed by atoms with Crippen LogP contribution in [0.1, 0.15) is 11.1 Å². The molecule has 2 N–H and O–H groups in total. The maximum Gasteiger partial charge on any atom is 0.125 e. The minimum absolute atomic E-state index is 0.199. The van der Waals surface area contributed by atoms with Crippen LogP contribution in [0.15, 0.2) is 12.1 Å². The first-order valence-electron chi connectivity index (χ1n) is 3.11. The van der Waals surface area contributed by atoms with E-state index in [1.54, 1.807) is 6.92 Å². The fraction of sp³-hybridized carbons (Fsp3) is 0.125. The second-order valence-corrected chi connectivity index (χ2v) is 2.30. The molecule has 0 fully saturated rings. The molecule has 0 radical (unpaired) electrons. The molecule has 1 aromatic carbocycles. The molecule has 1 rings (SSSR count). The number of benzene rings is 1. The molecule has 0 spiro atoms. The third-order valence-corrected chi connectivity index (χ3v) is 1.44. The summed E-state index contributed by atoms with van der Waals surface area (Å²) in [5.74, 6) is -0.404. The Bertz CT molecular complexity index is 302. The van der Waals surface area contributed by atoms with Gasteiger partial charge in [0.2, 0.25) is 0 Å². The van der Waals surface area contributed by atoms with Crippen LogP contribution in [0, 0.1) is 24.1 Å². The van der Waals surface area contributed by atoms with Gasteiger partial charge in [-0.25, -0.2) is 4.39 Å². The van der Waals surface area contributed by atoms with Crippen LogP contribution in [0.2, 0.25) is 0 Å². The van der Waals surface area contributed by atoms with Crippen LogP contribution in [0.25, 0.3) is 0 Å². The van der Waals surface area contributed by atoms with Gasteiger partial charge in [0.25, 0.3) is 0 Å². The average Bonchev–Trinajstić information content (AvgIpc) is 1.85. The van der Waals surface area contributed by atoms with Crippen LogP contribution in [-0.2, 0) is 0 Å². The lowest BCUT2D eigenvalue weighted by Crippen LogP contribution is -1.94. The van der Waals surface area contributed by atoms with E-state index >= 15 is 0 Å². The topological polar surface area (TPSA) is 49.8 Å². The molecule has 0 amide bonds. The molecule has 3 heteroatoms. The van der Waals surface area contributed by atoms with Crippen molar-refractivity contribution >= 4 is 5.69 Å². The van der Waals surface area contributed by atoms with E-state index in [1.807, 2.05) is 6.07 Å². The van der Waals surface area contributed by atoms with Gasteiger partial charge in [0.05, 0.1) is 11.3 Å². The van der Waals surface area contributed by atoms with E-state index in [2.05, 4.69) is 0 Å². The Morgan fingerprint density at radius 1 is 1.55 bits per heavy atom. The van der Waals surface area contributed by atoms with Gasteiger partial charge in [-0.15, -0.1) is 0 Å². The summed E-state index contributed by atoms with van der Waals surface area (Å²) in [6.45, 7) is 1.65. The number of nitrogens with two attached hydrogens (primary N) is 1. The molecule has 0 aliphatic heterocycles. The summed E-state index contributed by atoms with van der Waals surface area (Å²) in [5.41, 5.74) is 6.50. The van der Waals surface area contributed by atoms with E-state index in [4.69, 9.17) is 11.0 Å². The van der Waals surface area contributed by atoms with Crippen molar-refractivity contribution in [2.75, 3.05) is 5.73 Å². The lowest BCUT2D eigenvalue weighted by atomic mass is 10.1. The molecule has 2 nitrogen and oxygen atoms in total. The molecular weight excluding hydrogens is 143 g/mol. The van der Waals surface area contributed by atoms with Crippen LogP contribution in [0.4, 0.5) is 10.1 Å². The Hall–Kier alpha value is -1.56. The van der Waals surface area contributed by atoms with Crippen molar-refractivity contribution in [2.45, 2.75) is 6.92 Å². The number of rotatable bonds is 0. The molecule has 0 saturated carbocycles.